The number of esters is 1. The van der Waals surface area contributed by atoms with Crippen molar-refractivity contribution in [3.8, 4) is 0 Å². The summed E-state index contributed by atoms with van der Waals surface area (Å²) in [5.74, 6) is -2.25. The SMILES string of the molecule is CC(C)N(C(=O)COC(=O)[C@H](Cc1ccccc1)NS(=O)(=O)c1ccccc1F)C(C)C. The van der Waals surface area contributed by atoms with Gasteiger partial charge in [0.25, 0.3) is 5.91 Å². The Morgan fingerprint density at radius 3 is 2.09 bits per heavy atom. The van der Waals surface area contributed by atoms with E-state index in [0.717, 1.165) is 12.1 Å². The van der Waals surface area contributed by atoms with Crippen LogP contribution in [0.5, 0.6) is 0 Å². The molecule has 0 radical (unpaired) electrons. The third-order valence-corrected chi connectivity index (χ3v) is 6.23. The van der Waals surface area contributed by atoms with Crippen LogP contribution in [0.2, 0.25) is 0 Å². The Bertz CT molecular complexity index is 1020. The zero-order chi connectivity index (χ0) is 23.9. The minimum atomic E-state index is -4.36. The Morgan fingerprint density at radius 2 is 1.53 bits per heavy atom. The number of rotatable bonds is 10. The number of ether oxygens (including phenoxy) is 1. The van der Waals surface area contributed by atoms with Gasteiger partial charge < -0.3 is 9.64 Å². The highest BCUT2D eigenvalue weighted by Gasteiger charge is 2.30. The number of nitrogens with one attached hydrogen (secondary N) is 1. The fourth-order valence-electron chi connectivity index (χ4n) is 3.42. The maximum absolute atomic E-state index is 14.1. The second-order valence-corrected chi connectivity index (χ2v) is 9.57. The van der Waals surface area contributed by atoms with E-state index in [-0.39, 0.29) is 18.5 Å². The third kappa shape index (κ3) is 6.86. The highest BCUT2D eigenvalue weighted by atomic mass is 32.2. The number of benzene rings is 2. The molecule has 7 nitrogen and oxygen atoms in total. The van der Waals surface area contributed by atoms with E-state index in [1.165, 1.54) is 12.1 Å². The molecule has 0 saturated heterocycles. The summed E-state index contributed by atoms with van der Waals surface area (Å²) in [4.78, 5) is 26.3. The van der Waals surface area contributed by atoms with Crippen LogP contribution < -0.4 is 4.72 Å². The van der Waals surface area contributed by atoms with Crippen LogP contribution in [0.3, 0.4) is 0 Å². The summed E-state index contributed by atoms with van der Waals surface area (Å²) in [6, 6.07) is 12.1. The highest BCUT2D eigenvalue weighted by molar-refractivity contribution is 7.89. The maximum atomic E-state index is 14.1. The van der Waals surface area contributed by atoms with Crippen molar-refractivity contribution < 1.29 is 27.1 Å². The van der Waals surface area contributed by atoms with Crippen molar-refractivity contribution in [2.75, 3.05) is 6.61 Å². The monoisotopic (exact) mass is 464 g/mol. The van der Waals surface area contributed by atoms with Crippen molar-refractivity contribution in [2.24, 2.45) is 0 Å². The first-order valence-electron chi connectivity index (χ1n) is 10.3. The van der Waals surface area contributed by atoms with Crippen LogP contribution in [0.1, 0.15) is 33.3 Å². The molecule has 0 saturated carbocycles. The summed E-state index contributed by atoms with van der Waals surface area (Å²) in [7, 11) is -4.36. The molecule has 0 aliphatic rings. The number of carbonyl (C=O) groups excluding carboxylic acids is 2. The fourth-order valence-corrected chi connectivity index (χ4v) is 4.68. The lowest BCUT2D eigenvalue weighted by Gasteiger charge is -2.30. The molecule has 32 heavy (non-hydrogen) atoms. The van der Waals surface area contributed by atoms with Gasteiger partial charge in [-0.1, -0.05) is 42.5 Å². The van der Waals surface area contributed by atoms with Gasteiger partial charge in [-0.3, -0.25) is 9.59 Å². The largest absolute Gasteiger partial charge is 0.454 e. The van der Waals surface area contributed by atoms with E-state index < -0.39 is 45.3 Å². The molecule has 2 aromatic rings. The van der Waals surface area contributed by atoms with E-state index in [0.29, 0.717) is 5.56 Å². The van der Waals surface area contributed by atoms with Gasteiger partial charge in [0.05, 0.1) is 0 Å². The maximum Gasteiger partial charge on any atom is 0.325 e. The number of carbonyl (C=O) groups is 2. The molecule has 2 rings (SSSR count). The zero-order valence-electron chi connectivity index (χ0n) is 18.6. The van der Waals surface area contributed by atoms with Gasteiger partial charge in [0.15, 0.2) is 6.61 Å². The van der Waals surface area contributed by atoms with Gasteiger partial charge in [-0.25, -0.2) is 12.8 Å². The predicted octanol–water partition coefficient (Wildman–Crippen LogP) is 2.90. The van der Waals surface area contributed by atoms with Crippen molar-refractivity contribution in [3.63, 3.8) is 0 Å². The molecule has 0 heterocycles. The second-order valence-electron chi connectivity index (χ2n) is 7.89. The van der Waals surface area contributed by atoms with Crippen molar-refractivity contribution in [2.45, 2.75) is 57.1 Å². The molecular weight excluding hydrogens is 435 g/mol. The van der Waals surface area contributed by atoms with Crippen LogP contribution in [0.15, 0.2) is 59.5 Å². The van der Waals surface area contributed by atoms with Gasteiger partial charge in [0, 0.05) is 12.1 Å². The number of hydrogen-bond acceptors (Lipinski definition) is 5. The first kappa shape index (κ1) is 25.5. The van der Waals surface area contributed by atoms with Crippen LogP contribution >= 0.6 is 0 Å². The lowest BCUT2D eigenvalue weighted by Crippen LogP contribution is -2.47. The van der Waals surface area contributed by atoms with Crippen LogP contribution in [-0.2, 0) is 30.8 Å². The van der Waals surface area contributed by atoms with Gasteiger partial charge in [0.1, 0.15) is 16.8 Å². The van der Waals surface area contributed by atoms with Crippen LogP contribution in [0.4, 0.5) is 4.39 Å². The lowest BCUT2D eigenvalue weighted by molar-refractivity contribution is -0.154. The number of sulfonamides is 1. The topological polar surface area (TPSA) is 92.8 Å². The van der Waals surface area contributed by atoms with Crippen molar-refractivity contribution in [1.82, 2.24) is 9.62 Å². The molecule has 1 atom stereocenters. The second kappa shape index (κ2) is 11.2. The first-order chi connectivity index (χ1) is 15.0. The Hall–Kier alpha value is -2.78. The number of amides is 1. The highest BCUT2D eigenvalue weighted by Crippen LogP contribution is 2.15. The molecule has 0 fully saturated rings. The van der Waals surface area contributed by atoms with E-state index in [2.05, 4.69) is 4.72 Å². The number of nitrogens with zero attached hydrogens (tertiary/aromatic N) is 1. The Balaban J connectivity index is 2.22. The number of hydrogen-bond donors (Lipinski definition) is 1. The minimum absolute atomic E-state index is 0.0282. The van der Waals surface area contributed by atoms with E-state index in [4.69, 9.17) is 4.74 Å². The molecule has 0 aliphatic heterocycles. The minimum Gasteiger partial charge on any atom is -0.454 e. The molecule has 0 aliphatic carbocycles. The van der Waals surface area contributed by atoms with Crippen molar-refractivity contribution in [3.05, 3.63) is 66.0 Å². The zero-order valence-corrected chi connectivity index (χ0v) is 19.4. The summed E-state index contributed by atoms with van der Waals surface area (Å²) in [5.41, 5.74) is 0.669. The average molecular weight is 465 g/mol. The standard InChI is InChI=1S/C23H29FN2O5S/c1-16(2)26(17(3)4)22(27)15-31-23(28)20(14-18-10-6-5-7-11-18)25-32(29,30)21-13-9-8-12-19(21)24/h5-13,16-17,20,25H,14-15H2,1-4H3/t20-/m0/s1. The summed E-state index contributed by atoms with van der Waals surface area (Å²) in [5, 5.41) is 0. The molecule has 0 spiro atoms. The molecule has 1 N–H and O–H groups in total. The Morgan fingerprint density at radius 1 is 0.969 bits per heavy atom. The summed E-state index contributed by atoms with van der Waals surface area (Å²) in [6.45, 7) is 6.86. The molecule has 9 heteroatoms. The molecule has 0 aromatic heterocycles. The summed E-state index contributed by atoms with van der Waals surface area (Å²) >= 11 is 0. The average Bonchev–Trinajstić information content (AvgIpc) is 2.71. The van der Waals surface area contributed by atoms with E-state index >= 15 is 0 Å². The fraction of sp³-hybridized carbons (Fsp3) is 0.391. The summed E-state index contributed by atoms with van der Waals surface area (Å²) in [6.07, 6.45) is -0.0282. The van der Waals surface area contributed by atoms with Gasteiger partial charge in [-0.15, -0.1) is 0 Å². The van der Waals surface area contributed by atoms with E-state index in [1.807, 2.05) is 27.7 Å². The van der Waals surface area contributed by atoms with Crippen LogP contribution in [0.25, 0.3) is 0 Å². The predicted molar refractivity (Wildman–Crippen MR) is 119 cm³/mol. The van der Waals surface area contributed by atoms with E-state index in [9.17, 15) is 22.4 Å². The molecule has 1 amide bonds. The van der Waals surface area contributed by atoms with Crippen molar-refractivity contribution in [1.29, 1.82) is 0 Å². The smallest absolute Gasteiger partial charge is 0.325 e. The Labute approximate surface area is 188 Å². The molecule has 2 aromatic carbocycles. The van der Waals surface area contributed by atoms with Crippen LogP contribution in [-0.4, -0.2) is 49.9 Å². The van der Waals surface area contributed by atoms with Gasteiger partial charge in [-0.05, 0) is 51.8 Å². The van der Waals surface area contributed by atoms with Gasteiger partial charge in [-0.2, -0.15) is 4.72 Å². The lowest BCUT2D eigenvalue weighted by atomic mass is 10.1. The summed E-state index contributed by atoms with van der Waals surface area (Å²) < 4.78 is 47.0. The molecule has 0 bridgehead atoms. The van der Waals surface area contributed by atoms with Crippen molar-refractivity contribution >= 4 is 21.9 Å². The normalized spacial score (nSPS) is 12.6. The number of halogens is 1. The van der Waals surface area contributed by atoms with E-state index in [1.54, 1.807) is 35.2 Å². The molecular formula is C23H29FN2O5S. The van der Waals surface area contributed by atoms with Crippen LogP contribution in [0, 0.1) is 5.82 Å². The van der Waals surface area contributed by atoms with Gasteiger partial charge >= 0.3 is 5.97 Å². The first-order valence-corrected chi connectivity index (χ1v) is 11.8. The quantitative estimate of drug-likeness (QED) is 0.546. The van der Waals surface area contributed by atoms with Gasteiger partial charge in [0.2, 0.25) is 10.0 Å². The molecule has 174 valence electrons. The third-order valence-electron chi connectivity index (χ3n) is 4.73. The molecule has 0 unspecified atom stereocenters. The Kier molecular flexibility index (Phi) is 8.91.